The highest BCUT2D eigenvalue weighted by Gasteiger charge is 2.20. The quantitative estimate of drug-likeness (QED) is 0.680. The Labute approximate surface area is 144 Å². The molecular weight excluding hydrogens is 318 g/mol. The summed E-state index contributed by atoms with van der Waals surface area (Å²) < 4.78 is 11.0. The SMILES string of the molecule is Cc1c(-c2ccccc2)oc2c(C(=O)O[C@H](C)C#N)cccc2c1=O. The lowest BCUT2D eigenvalue weighted by Gasteiger charge is -2.11. The van der Waals surface area contributed by atoms with E-state index in [9.17, 15) is 9.59 Å². The third-order valence-electron chi connectivity index (χ3n) is 3.87. The number of hydrogen-bond acceptors (Lipinski definition) is 5. The molecule has 1 atom stereocenters. The van der Waals surface area contributed by atoms with Gasteiger partial charge in [-0.25, -0.2) is 4.79 Å². The lowest BCUT2D eigenvalue weighted by molar-refractivity contribution is 0.0436. The van der Waals surface area contributed by atoms with Gasteiger partial charge in [-0.2, -0.15) is 5.26 Å². The number of ether oxygens (including phenoxy) is 1. The van der Waals surface area contributed by atoms with Gasteiger partial charge < -0.3 is 9.15 Å². The number of rotatable bonds is 3. The second-order valence-corrected chi connectivity index (χ2v) is 5.61. The van der Waals surface area contributed by atoms with Crippen molar-refractivity contribution in [3.63, 3.8) is 0 Å². The molecule has 0 saturated carbocycles. The van der Waals surface area contributed by atoms with Gasteiger partial charge in [0.1, 0.15) is 17.4 Å². The van der Waals surface area contributed by atoms with Crippen molar-refractivity contribution in [1.29, 1.82) is 5.26 Å². The molecule has 0 bridgehead atoms. The molecule has 1 heterocycles. The first-order chi connectivity index (χ1) is 12.0. The number of para-hydroxylation sites is 1. The van der Waals surface area contributed by atoms with E-state index in [1.165, 1.54) is 13.0 Å². The third kappa shape index (κ3) is 3.02. The molecule has 0 aliphatic heterocycles. The average Bonchev–Trinajstić information content (AvgIpc) is 2.64. The lowest BCUT2D eigenvalue weighted by Crippen LogP contribution is -2.15. The molecule has 0 fully saturated rings. The fourth-order valence-electron chi connectivity index (χ4n) is 2.59. The van der Waals surface area contributed by atoms with Crippen molar-refractivity contribution in [1.82, 2.24) is 0 Å². The van der Waals surface area contributed by atoms with Gasteiger partial charge in [-0.05, 0) is 26.0 Å². The van der Waals surface area contributed by atoms with Gasteiger partial charge in [0.2, 0.25) is 0 Å². The van der Waals surface area contributed by atoms with Crippen LogP contribution in [0.4, 0.5) is 0 Å². The molecule has 0 radical (unpaired) electrons. The first kappa shape index (κ1) is 16.5. The van der Waals surface area contributed by atoms with Gasteiger partial charge in [0, 0.05) is 11.1 Å². The number of fused-ring (bicyclic) bond motifs is 1. The summed E-state index contributed by atoms with van der Waals surface area (Å²) in [6.07, 6.45) is -0.895. The van der Waals surface area contributed by atoms with E-state index < -0.39 is 12.1 Å². The predicted molar refractivity (Wildman–Crippen MR) is 93.1 cm³/mol. The van der Waals surface area contributed by atoms with Crippen LogP contribution in [0.5, 0.6) is 0 Å². The molecule has 1 aromatic heterocycles. The highest BCUT2D eigenvalue weighted by molar-refractivity contribution is 6.02. The Morgan fingerprint density at radius 3 is 2.56 bits per heavy atom. The van der Waals surface area contributed by atoms with E-state index in [2.05, 4.69) is 0 Å². The lowest BCUT2D eigenvalue weighted by atomic mass is 10.0. The molecule has 124 valence electrons. The molecule has 3 rings (SSSR count). The van der Waals surface area contributed by atoms with Crippen LogP contribution >= 0.6 is 0 Å². The van der Waals surface area contributed by atoms with Crippen molar-refractivity contribution >= 4 is 16.9 Å². The van der Waals surface area contributed by atoms with E-state index in [-0.39, 0.29) is 16.6 Å². The largest absolute Gasteiger partial charge is 0.455 e. The minimum atomic E-state index is -0.895. The Morgan fingerprint density at radius 2 is 1.88 bits per heavy atom. The zero-order valence-electron chi connectivity index (χ0n) is 13.8. The molecule has 0 saturated heterocycles. The minimum absolute atomic E-state index is 0.119. The molecule has 0 amide bonds. The Kier molecular flexibility index (Phi) is 4.36. The van der Waals surface area contributed by atoms with Gasteiger partial charge in [-0.1, -0.05) is 36.4 Å². The molecule has 0 aliphatic carbocycles. The van der Waals surface area contributed by atoms with Crippen LogP contribution in [0.15, 0.2) is 57.7 Å². The van der Waals surface area contributed by atoms with Crippen LogP contribution in [-0.2, 0) is 4.74 Å². The summed E-state index contributed by atoms with van der Waals surface area (Å²) in [5.41, 5.74) is 1.28. The van der Waals surface area contributed by atoms with Gasteiger partial charge in [-0.15, -0.1) is 0 Å². The maximum atomic E-state index is 12.7. The molecule has 3 aromatic rings. The molecule has 5 nitrogen and oxygen atoms in total. The number of nitriles is 1. The van der Waals surface area contributed by atoms with E-state index in [4.69, 9.17) is 14.4 Å². The van der Waals surface area contributed by atoms with E-state index >= 15 is 0 Å². The maximum Gasteiger partial charge on any atom is 0.343 e. The molecular formula is C20H15NO4. The number of carbonyl (C=O) groups excluding carboxylic acids is 1. The second-order valence-electron chi connectivity index (χ2n) is 5.61. The van der Waals surface area contributed by atoms with Crippen LogP contribution in [0.25, 0.3) is 22.3 Å². The Hall–Kier alpha value is -3.39. The molecule has 5 heteroatoms. The normalized spacial score (nSPS) is 11.7. The van der Waals surface area contributed by atoms with Crippen LogP contribution < -0.4 is 5.43 Å². The molecule has 25 heavy (non-hydrogen) atoms. The number of nitrogens with zero attached hydrogens (tertiary/aromatic N) is 1. The van der Waals surface area contributed by atoms with Crippen LogP contribution in [0.3, 0.4) is 0 Å². The van der Waals surface area contributed by atoms with E-state index in [0.29, 0.717) is 16.7 Å². The van der Waals surface area contributed by atoms with Gasteiger partial charge in [-0.3, -0.25) is 4.79 Å². The van der Waals surface area contributed by atoms with Crippen molar-refractivity contribution in [3.8, 4) is 17.4 Å². The number of hydrogen-bond donors (Lipinski definition) is 0. The van der Waals surface area contributed by atoms with Crippen molar-refractivity contribution < 1.29 is 13.9 Å². The van der Waals surface area contributed by atoms with Crippen molar-refractivity contribution in [2.24, 2.45) is 0 Å². The van der Waals surface area contributed by atoms with Crippen LogP contribution in [0.2, 0.25) is 0 Å². The number of benzene rings is 2. The fraction of sp³-hybridized carbons (Fsp3) is 0.150. The summed E-state index contributed by atoms with van der Waals surface area (Å²) >= 11 is 0. The third-order valence-corrected chi connectivity index (χ3v) is 3.87. The van der Waals surface area contributed by atoms with Gasteiger partial charge in [0.15, 0.2) is 17.1 Å². The van der Waals surface area contributed by atoms with Gasteiger partial charge in [0.05, 0.1) is 5.39 Å². The van der Waals surface area contributed by atoms with E-state index in [1.807, 2.05) is 36.4 Å². The van der Waals surface area contributed by atoms with Gasteiger partial charge >= 0.3 is 5.97 Å². The van der Waals surface area contributed by atoms with Crippen molar-refractivity contribution in [2.75, 3.05) is 0 Å². The summed E-state index contributed by atoms with van der Waals surface area (Å²) in [5, 5.41) is 9.12. The van der Waals surface area contributed by atoms with Crippen LogP contribution in [0, 0.1) is 18.3 Å². The first-order valence-electron chi connectivity index (χ1n) is 7.75. The molecule has 0 aliphatic rings. The highest BCUT2D eigenvalue weighted by Crippen LogP contribution is 2.27. The summed E-state index contributed by atoms with van der Waals surface area (Å²) in [6, 6.07) is 15.8. The van der Waals surface area contributed by atoms with Crippen LogP contribution in [0.1, 0.15) is 22.8 Å². The summed E-state index contributed by atoms with van der Waals surface area (Å²) in [7, 11) is 0. The van der Waals surface area contributed by atoms with Crippen molar-refractivity contribution in [3.05, 3.63) is 69.9 Å². The maximum absolute atomic E-state index is 12.7. The van der Waals surface area contributed by atoms with Crippen LogP contribution in [-0.4, -0.2) is 12.1 Å². The van der Waals surface area contributed by atoms with E-state index in [0.717, 1.165) is 5.56 Å². The number of carbonyl (C=O) groups is 1. The molecule has 0 spiro atoms. The van der Waals surface area contributed by atoms with E-state index in [1.54, 1.807) is 19.1 Å². The Morgan fingerprint density at radius 1 is 1.16 bits per heavy atom. The highest BCUT2D eigenvalue weighted by atomic mass is 16.5. The molecule has 0 N–H and O–H groups in total. The Balaban J connectivity index is 2.25. The molecule has 0 unspecified atom stereocenters. The summed E-state index contributed by atoms with van der Waals surface area (Å²) in [6.45, 7) is 3.16. The average molecular weight is 333 g/mol. The predicted octanol–water partition coefficient (Wildman–Crippen LogP) is 3.84. The zero-order valence-corrected chi connectivity index (χ0v) is 13.8. The first-order valence-corrected chi connectivity index (χ1v) is 7.75. The minimum Gasteiger partial charge on any atom is -0.455 e. The standard InChI is InChI=1S/C20H15NO4/c1-12(11-21)24-20(23)16-10-6-9-15-17(22)13(2)18(25-19(15)16)14-7-4-3-5-8-14/h3-10,12H,1-2H3/t12-/m1/s1. The summed E-state index contributed by atoms with van der Waals surface area (Å²) in [4.78, 5) is 25.0. The monoisotopic (exact) mass is 333 g/mol. The smallest absolute Gasteiger partial charge is 0.343 e. The topological polar surface area (TPSA) is 80.3 Å². The Bertz CT molecular complexity index is 1040. The summed E-state index contributed by atoms with van der Waals surface area (Å²) in [5.74, 6) is -0.294. The zero-order chi connectivity index (χ0) is 18.0. The van der Waals surface area contributed by atoms with Crippen molar-refractivity contribution in [2.45, 2.75) is 20.0 Å². The molecule has 2 aromatic carbocycles. The van der Waals surface area contributed by atoms with Gasteiger partial charge in [0.25, 0.3) is 0 Å². The number of esters is 1. The second kappa shape index (κ2) is 6.62. The fourth-order valence-corrected chi connectivity index (χ4v) is 2.59.